The van der Waals surface area contributed by atoms with E-state index in [1.54, 1.807) is 4.90 Å². The average molecular weight is 756 g/mol. The van der Waals surface area contributed by atoms with Gasteiger partial charge >= 0.3 is 18.3 Å². The number of likely N-dealkylation sites (tertiary alicyclic amines) is 1. The number of carboxylic acid groups (broad SMARTS) is 1. The first-order valence-electron chi connectivity index (χ1n) is 16.3. The molecule has 2 aliphatic rings. The van der Waals surface area contributed by atoms with Gasteiger partial charge in [0.15, 0.2) is 0 Å². The van der Waals surface area contributed by atoms with Crippen molar-refractivity contribution in [1.29, 1.82) is 0 Å². The van der Waals surface area contributed by atoms with Gasteiger partial charge in [-0.3, -0.25) is 9.59 Å². The molecule has 2 heterocycles. The van der Waals surface area contributed by atoms with Crippen LogP contribution < -0.4 is 4.90 Å². The van der Waals surface area contributed by atoms with E-state index in [1.165, 1.54) is 12.4 Å². The molecule has 0 radical (unpaired) electrons. The molecule has 7 nitrogen and oxygen atoms in total. The molecule has 5 rings (SSSR count). The van der Waals surface area contributed by atoms with Crippen LogP contribution in [-0.2, 0) is 34.9 Å². The summed E-state index contributed by atoms with van der Waals surface area (Å²) in [6, 6.07) is 10.0. The number of hydrogen-bond acceptors (Lipinski definition) is 5. The number of hydrogen-bond donors (Lipinski definition) is 1. The van der Waals surface area contributed by atoms with Crippen LogP contribution in [0.1, 0.15) is 74.1 Å². The molecule has 0 bridgehead atoms. The second-order valence-corrected chi connectivity index (χ2v) is 13.8. The third-order valence-electron chi connectivity index (χ3n) is 9.65. The summed E-state index contributed by atoms with van der Waals surface area (Å²) in [6.07, 6.45) is -3.58. The van der Waals surface area contributed by atoms with E-state index in [-0.39, 0.29) is 48.0 Å². The fourth-order valence-corrected chi connectivity index (χ4v) is 7.42. The molecular formula is C35H37BrF6N4O3. The summed E-state index contributed by atoms with van der Waals surface area (Å²) in [5.41, 5.74) is -2.04. The normalized spacial score (nSPS) is 23.3. The number of alkyl halides is 6. The van der Waals surface area contributed by atoms with E-state index in [2.05, 4.69) is 25.9 Å². The molecule has 1 saturated heterocycles. The molecule has 0 unspecified atom stereocenters. The van der Waals surface area contributed by atoms with Gasteiger partial charge < -0.3 is 14.9 Å². The standard InChI is InChI=1S/C35H37BrF6N4O3/c1-2-28-16-29(17-30(14-21-6-4-3-5-7-21)46(28)31(47)23-8-10-24(11-9-23)32(48)49)45(33-43-18-27(36)19-44-33)20-22-12-25(34(37,38)39)15-26(13-22)35(40,41)42/h3-7,12-13,15,18-19,23-24,28-30H,2,8-11,14,16-17,20H2,1H3,(H,48,49)/t23?,24?,28-,29+,30+/m1/s1. The second-order valence-electron chi connectivity index (χ2n) is 12.9. The molecule has 1 N–H and O–H groups in total. The number of amides is 1. The highest BCUT2D eigenvalue weighted by Crippen LogP contribution is 2.40. The van der Waals surface area contributed by atoms with Gasteiger partial charge in [0.05, 0.1) is 21.5 Å². The maximum absolute atomic E-state index is 14.3. The van der Waals surface area contributed by atoms with Gasteiger partial charge in [-0.1, -0.05) is 37.3 Å². The number of piperidine rings is 1. The lowest BCUT2D eigenvalue weighted by Crippen LogP contribution is -2.59. The first kappa shape index (κ1) is 36.6. The van der Waals surface area contributed by atoms with Gasteiger partial charge in [-0.15, -0.1) is 0 Å². The Labute approximate surface area is 288 Å². The molecule has 1 saturated carbocycles. The van der Waals surface area contributed by atoms with Crippen molar-refractivity contribution in [3.05, 3.63) is 87.7 Å². The van der Waals surface area contributed by atoms with Crippen molar-refractivity contribution in [1.82, 2.24) is 14.9 Å². The van der Waals surface area contributed by atoms with Crippen molar-refractivity contribution in [2.45, 2.75) is 95.3 Å². The molecule has 0 spiro atoms. The van der Waals surface area contributed by atoms with Gasteiger partial charge in [0, 0.05) is 43.0 Å². The molecule has 3 atom stereocenters. The van der Waals surface area contributed by atoms with Crippen LogP contribution in [0, 0.1) is 11.8 Å². The van der Waals surface area contributed by atoms with Crippen LogP contribution in [0.2, 0.25) is 0 Å². The summed E-state index contributed by atoms with van der Waals surface area (Å²) in [5.74, 6) is -1.59. The summed E-state index contributed by atoms with van der Waals surface area (Å²) < 4.78 is 83.4. The van der Waals surface area contributed by atoms with Crippen LogP contribution >= 0.6 is 15.9 Å². The molecule has 49 heavy (non-hydrogen) atoms. The minimum atomic E-state index is -5.00. The summed E-state index contributed by atoms with van der Waals surface area (Å²) in [6.45, 7) is 1.61. The highest BCUT2D eigenvalue weighted by Gasteiger charge is 2.44. The van der Waals surface area contributed by atoms with Crippen LogP contribution in [0.5, 0.6) is 0 Å². The van der Waals surface area contributed by atoms with Gasteiger partial charge in [0.25, 0.3) is 0 Å². The number of nitrogens with zero attached hydrogens (tertiary/aromatic N) is 4. The minimum absolute atomic E-state index is 0.0470. The van der Waals surface area contributed by atoms with E-state index >= 15 is 0 Å². The van der Waals surface area contributed by atoms with Crippen LogP contribution in [0.3, 0.4) is 0 Å². The van der Waals surface area contributed by atoms with Crippen LogP contribution in [0.25, 0.3) is 0 Å². The Morgan fingerprint density at radius 3 is 1.94 bits per heavy atom. The zero-order valence-corrected chi connectivity index (χ0v) is 28.3. The molecule has 3 aromatic rings. The molecule has 2 aromatic carbocycles. The van der Waals surface area contributed by atoms with Crippen molar-refractivity contribution >= 4 is 33.8 Å². The molecular weight excluding hydrogens is 718 g/mol. The SMILES string of the molecule is CC[C@@H]1C[C@H](N(Cc2cc(C(F)(F)F)cc(C(F)(F)F)c2)c2ncc(Br)cn2)C[C@H](Cc2ccccc2)N1C(=O)C1CCC(C(=O)O)CC1. The molecule has 1 aliphatic heterocycles. The Hall–Kier alpha value is -3.68. The number of benzene rings is 2. The van der Waals surface area contributed by atoms with E-state index in [0.717, 1.165) is 17.7 Å². The quantitative estimate of drug-likeness (QED) is 0.221. The first-order valence-corrected chi connectivity index (χ1v) is 17.0. The molecule has 1 amide bonds. The number of anilines is 1. The summed E-state index contributed by atoms with van der Waals surface area (Å²) in [7, 11) is 0. The largest absolute Gasteiger partial charge is 0.481 e. The zero-order valence-electron chi connectivity index (χ0n) is 26.7. The maximum atomic E-state index is 14.3. The Balaban J connectivity index is 1.52. The van der Waals surface area contributed by atoms with E-state index in [1.807, 2.05) is 42.2 Å². The first-order chi connectivity index (χ1) is 23.1. The fourth-order valence-electron chi connectivity index (χ4n) is 7.22. The Morgan fingerprint density at radius 2 is 1.41 bits per heavy atom. The topological polar surface area (TPSA) is 86.6 Å². The van der Waals surface area contributed by atoms with Gasteiger partial charge in [0.2, 0.25) is 11.9 Å². The molecule has 14 heteroatoms. The predicted octanol–water partition coefficient (Wildman–Crippen LogP) is 8.56. The van der Waals surface area contributed by atoms with Crippen molar-refractivity contribution in [2.75, 3.05) is 4.90 Å². The molecule has 2 fully saturated rings. The minimum Gasteiger partial charge on any atom is -0.481 e. The zero-order chi connectivity index (χ0) is 35.5. The van der Waals surface area contributed by atoms with E-state index < -0.39 is 41.4 Å². The van der Waals surface area contributed by atoms with Crippen LogP contribution in [-0.4, -0.2) is 50.0 Å². The Bertz CT molecular complexity index is 1570. The van der Waals surface area contributed by atoms with Crippen molar-refractivity contribution in [3.63, 3.8) is 0 Å². The van der Waals surface area contributed by atoms with E-state index in [9.17, 15) is 41.0 Å². The number of carboxylic acids is 1. The third-order valence-corrected chi connectivity index (χ3v) is 10.1. The highest BCUT2D eigenvalue weighted by atomic mass is 79.9. The van der Waals surface area contributed by atoms with Gasteiger partial charge in [-0.2, -0.15) is 26.3 Å². The average Bonchev–Trinajstić information content (AvgIpc) is 3.06. The van der Waals surface area contributed by atoms with Gasteiger partial charge in [-0.25, -0.2) is 9.97 Å². The van der Waals surface area contributed by atoms with Crippen LogP contribution in [0.4, 0.5) is 32.3 Å². The molecule has 1 aliphatic carbocycles. The van der Waals surface area contributed by atoms with Crippen LogP contribution in [0.15, 0.2) is 65.4 Å². The molecule has 1 aromatic heterocycles. The Morgan fingerprint density at radius 1 is 0.857 bits per heavy atom. The Kier molecular flexibility index (Phi) is 11.2. The summed E-state index contributed by atoms with van der Waals surface area (Å²) in [5, 5.41) is 9.48. The third kappa shape index (κ3) is 8.92. The van der Waals surface area contributed by atoms with Crippen molar-refractivity contribution in [2.24, 2.45) is 11.8 Å². The summed E-state index contributed by atoms with van der Waals surface area (Å²) >= 11 is 3.29. The fraction of sp³-hybridized carbons (Fsp3) is 0.486. The monoisotopic (exact) mass is 754 g/mol. The number of rotatable bonds is 9. The number of carbonyl (C=O) groups is 2. The maximum Gasteiger partial charge on any atom is 0.416 e. The number of aromatic nitrogens is 2. The van der Waals surface area contributed by atoms with Gasteiger partial charge in [-0.05, 0) is 96.6 Å². The second kappa shape index (κ2) is 15.1. The van der Waals surface area contributed by atoms with Gasteiger partial charge in [0.1, 0.15) is 0 Å². The predicted molar refractivity (Wildman–Crippen MR) is 173 cm³/mol. The smallest absolute Gasteiger partial charge is 0.416 e. The van der Waals surface area contributed by atoms with E-state index in [4.69, 9.17) is 0 Å². The lowest BCUT2D eigenvalue weighted by atomic mass is 9.79. The van der Waals surface area contributed by atoms with E-state index in [0.29, 0.717) is 55.8 Å². The number of aliphatic carboxylic acids is 1. The highest BCUT2D eigenvalue weighted by molar-refractivity contribution is 9.10. The summed E-state index contributed by atoms with van der Waals surface area (Å²) in [4.78, 5) is 38.2. The number of halogens is 7. The van der Waals surface area contributed by atoms with Crippen molar-refractivity contribution in [3.8, 4) is 0 Å². The lowest BCUT2D eigenvalue weighted by Gasteiger charge is -2.49. The lowest BCUT2D eigenvalue weighted by molar-refractivity contribution is -0.149. The number of carbonyl (C=O) groups excluding carboxylic acids is 1. The van der Waals surface area contributed by atoms with Crippen molar-refractivity contribution < 1.29 is 41.0 Å². The molecule has 264 valence electrons.